The van der Waals surface area contributed by atoms with Crippen LogP contribution in [0.25, 0.3) is 21.1 Å². The molecule has 1 amide bonds. The number of hydrogen-bond acceptors (Lipinski definition) is 4. The highest BCUT2D eigenvalue weighted by Gasteiger charge is 2.14. The van der Waals surface area contributed by atoms with Gasteiger partial charge in [-0.1, -0.05) is 29.3 Å². The molecule has 0 saturated heterocycles. The zero-order valence-corrected chi connectivity index (χ0v) is 15.7. The normalized spacial score (nSPS) is 11.0. The van der Waals surface area contributed by atoms with Crippen LogP contribution < -0.4 is 10.1 Å². The molecular formula is C20H15ClN2O2S. The minimum atomic E-state index is -0.149. The molecule has 0 unspecified atom stereocenters. The van der Waals surface area contributed by atoms with E-state index in [2.05, 4.69) is 10.3 Å². The zero-order chi connectivity index (χ0) is 18.3. The first-order chi connectivity index (χ1) is 12.5. The van der Waals surface area contributed by atoms with Gasteiger partial charge in [0.1, 0.15) is 15.6 Å². The number of ether oxygens (including phenoxy) is 1. The van der Waals surface area contributed by atoms with Gasteiger partial charge in [-0.2, -0.15) is 0 Å². The summed E-state index contributed by atoms with van der Waals surface area (Å²) < 4.78 is 5.25. The molecule has 4 nitrogen and oxygen atoms in total. The lowest BCUT2D eigenvalue weighted by Gasteiger charge is -2.05. The quantitative estimate of drug-likeness (QED) is 0.496. The number of methoxy groups -OCH3 is 1. The Kier molecular flexibility index (Phi) is 4.26. The molecule has 1 N–H and O–H groups in total. The van der Waals surface area contributed by atoms with E-state index in [0.717, 1.165) is 26.9 Å². The smallest absolute Gasteiger partial charge is 0.265 e. The van der Waals surface area contributed by atoms with Gasteiger partial charge in [0, 0.05) is 16.5 Å². The van der Waals surface area contributed by atoms with Crippen molar-refractivity contribution in [2.24, 2.45) is 0 Å². The molecule has 0 bridgehead atoms. The van der Waals surface area contributed by atoms with Gasteiger partial charge in [-0.05, 0) is 43.3 Å². The summed E-state index contributed by atoms with van der Waals surface area (Å²) >= 11 is 7.71. The fourth-order valence-corrected chi connectivity index (χ4v) is 3.95. The molecule has 2 aromatic carbocycles. The molecule has 130 valence electrons. The largest absolute Gasteiger partial charge is 0.495 e. The Morgan fingerprint density at radius 1 is 1.12 bits per heavy atom. The van der Waals surface area contributed by atoms with Gasteiger partial charge in [0.2, 0.25) is 0 Å². The van der Waals surface area contributed by atoms with Crippen molar-refractivity contribution in [3.63, 3.8) is 0 Å². The minimum absolute atomic E-state index is 0.149. The van der Waals surface area contributed by atoms with Crippen LogP contribution in [0.1, 0.15) is 15.2 Å². The fraction of sp³-hybridized carbons (Fsp3) is 0.100. The molecule has 6 heteroatoms. The molecule has 2 aromatic heterocycles. The molecule has 0 saturated carbocycles. The molecule has 26 heavy (non-hydrogen) atoms. The number of carbonyl (C=O) groups is 1. The number of nitrogens with zero attached hydrogens (tertiary/aromatic N) is 1. The maximum atomic E-state index is 12.6. The summed E-state index contributed by atoms with van der Waals surface area (Å²) in [6.07, 6.45) is 0. The summed E-state index contributed by atoms with van der Waals surface area (Å²) in [5, 5.41) is 5.22. The Labute approximate surface area is 159 Å². The van der Waals surface area contributed by atoms with Crippen LogP contribution in [0.5, 0.6) is 5.75 Å². The van der Waals surface area contributed by atoms with Gasteiger partial charge in [0.25, 0.3) is 5.91 Å². The van der Waals surface area contributed by atoms with E-state index in [1.807, 2.05) is 55.5 Å². The van der Waals surface area contributed by atoms with E-state index in [9.17, 15) is 4.79 Å². The number of anilines is 1. The molecule has 2 heterocycles. The third kappa shape index (κ3) is 3.00. The lowest BCUT2D eigenvalue weighted by molar-refractivity contribution is 0.103. The molecule has 4 rings (SSSR count). The van der Waals surface area contributed by atoms with Crippen LogP contribution in [0.3, 0.4) is 0 Å². The topological polar surface area (TPSA) is 51.2 Å². The second-order valence-corrected chi connectivity index (χ2v) is 7.38. The van der Waals surface area contributed by atoms with Gasteiger partial charge in [-0.3, -0.25) is 4.79 Å². The minimum Gasteiger partial charge on any atom is -0.495 e. The summed E-state index contributed by atoms with van der Waals surface area (Å²) in [5.41, 5.74) is 2.59. The SMILES string of the molecule is COc1ccc2cc3cc(C(=O)Nc4ccc(C)cc4)sc3nc2c1Cl. The van der Waals surface area contributed by atoms with Gasteiger partial charge >= 0.3 is 0 Å². The van der Waals surface area contributed by atoms with Crippen molar-refractivity contribution in [2.45, 2.75) is 6.92 Å². The molecule has 0 aliphatic carbocycles. The molecule has 0 atom stereocenters. The third-order valence-electron chi connectivity index (χ3n) is 4.13. The van der Waals surface area contributed by atoms with E-state index in [4.69, 9.17) is 16.3 Å². The highest BCUT2D eigenvalue weighted by atomic mass is 35.5. The molecule has 4 aromatic rings. The van der Waals surface area contributed by atoms with Crippen molar-refractivity contribution >= 4 is 55.7 Å². The lowest BCUT2D eigenvalue weighted by atomic mass is 10.2. The van der Waals surface area contributed by atoms with Gasteiger partial charge in [-0.25, -0.2) is 4.98 Å². The van der Waals surface area contributed by atoms with Crippen molar-refractivity contribution < 1.29 is 9.53 Å². The van der Waals surface area contributed by atoms with Crippen LogP contribution in [-0.4, -0.2) is 18.0 Å². The average Bonchev–Trinajstić information content (AvgIpc) is 3.06. The van der Waals surface area contributed by atoms with Crippen LogP contribution >= 0.6 is 22.9 Å². The van der Waals surface area contributed by atoms with Gasteiger partial charge in [0.05, 0.1) is 17.5 Å². The van der Waals surface area contributed by atoms with Gasteiger partial charge < -0.3 is 10.1 Å². The summed E-state index contributed by atoms with van der Waals surface area (Å²) in [4.78, 5) is 18.6. The summed E-state index contributed by atoms with van der Waals surface area (Å²) in [6.45, 7) is 2.01. The van der Waals surface area contributed by atoms with Crippen LogP contribution in [0.15, 0.2) is 48.5 Å². The standard InChI is InChI=1S/C20H15ClN2O2S/c1-11-3-6-14(7-4-11)22-19(24)16-10-13-9-12-5-8-15(25-2)17(21)18(12)23-20(13)26-16/h3-10H,1-2H3,(H,22,24). The second-order valence-electron chi connectivity index (χ2n) is 5.97. The molecular weight excluding hydrogens is 368 g/mol. The maximum absolute atomic E-state index is 12.6. The Morgan fingerprint density at radius 3 is 2.62 bits per heavy atom. The summed E-state index contributed by atoms with van der Waals surface area (Å²) in [5.74, 6) is 0.435. The van der Waals surface area contributed by atoms with E-state index in [-0.39, 0.29) is 5.91 Å². The monoisotopic (exact) mass is 382 g/mol. The fourth-order valence-electron chi connectivity index (χ4n) is 2.75. The number of thiophene rings is 1. The third-order valence-corrected chi connectivity index (χ3v) is 5.54. The number of hydrogen-bond donors (Lipinski definition) is 1. The molecule has 0 aliphatic rings. The van der Waals surface area contributed by atoms with Crippen molar-refractivity contribution in [3.8, 4) is 5.75 Å². The number of fused-ring (bicyclic) bond motifs is 2. The molecule has 0 radical (unpaired) electrons. The van der Waals surface area contributed by atoms with E-state index < -0.39 is 0 Å². The Morgan fingerprint density at radius 2 is 1.88 bits per heavy atom. The molecule has 0 aliphatic heterocycles. The van der Waals surface area contributed by atoms with E-state index in [0.29, 0.717) is 21.2 Å². The van der Waals surface area contributed by atoms with E-state index in [1.165, 1.54) is 11.3 Å². The molecule has 0 fully saturated rings. The van der Waals surface area contributed by atoms with Crippen molar-refractivity contribution in [3.05, 3.63) is 64.0 Å². The average molecular weight is 383 g/mol. The predicted octanol–water partition coefficient (Wildman–Crippen LogP) is 5.67. The number of halogens is 1. The van der Waals surface area contributed by atoms with Crippen LogP contribution in [0.4, 0.5) is 5.69 Å². The number of benzene rings is 2. The molecule has 0 spiro atoms. The number of nitrogens with one attached hydrogen (secondary N) is 1. The van der Waals surface area contributed by atoms with Crippen molar-refractivity contribution in [1.82, 2.24) is 4.98 Å². The van der Waals surface area contributed by atoms with Crippen molar-refractivity contribution in [1.29, 1.82) is 0 Å². The van der Waals surface area contributed by atoms with Crippen LogP contribution in [0.2, 0.25) is 5.02 Å². The Bertz CT molecular complexity index is 1140. The van der Waals surface area contributed by atoms with Crippen LogP contribution in [-0.2, 0) is 0 Å². The first kappa shape index (κ1) is 16.8. The highest BCUT2D eigenvalue weighted by molar-refractivity contribution is 7.20. The number of aromatic nitrogens is 1. The maximum Gasteiger partial charge on any atom is 0.265 e. The Balaban J connectivity index is 1.72. The Hall–Kier alpha value is -2.63. The van der Waals surface area contributed by atoms with Crippen molar-refractivity contribution in [2.75, 3.05) is 12.4 Å². The summed E-state index contributed by atoms with van der Waals surface area (Å²) in [6, 6.07) is 15.3. The first-order valence-corrected chi connectivity index (χ1v) is 9.19. The first-order valence-electron chi connectivity index (χ1n) is 8.00. The number of carbonyl (C=O) groups excluding carboxylic acids is 1. The number of aryl methyl sites for hydroxylation is 1. The lowest BCUT2D eigenvalue weighted by Crippen LogP contribution is -2.09. The second kappa shape index (κ2) is 6.59. The summed E-state index contributed by atoms with van der Waals surface area (Å²) in [7, 11) is 1.57. The van der Waals surface area contributed by atoms with Gasteiger partial charge in [0.15, 0.2) is 0 Å². The van der Waals surface area contributed by atoms with Gasteiger partial charge in [-0.15, -0.1) is 11.3 Å². The predicted molar refractivity (Wildman–Crippen MR) is 108 cm³/mol. The number of amides is 1. The van der Waals surface area contributed by atoms with E-state index in [1.54, 1.807) is 7.11 Å². The van der Waals surface area contributed by atoms with Crippen LogP contribution in [0, 0.1) is 6.92 Å². The highest BCUT2D eigenvalue weighted by Crippen LogP contribution is 2.35. The van der Waals surface area contributed by atoms with E-state index >= 15 is 0 Å². The zero-order valence-electron chi connectivity index (χ0n) is 14.2. The number of pyridine rings is 1. The number of rotatable bonds is 3.